The molecular formula is C12H13FO2. The van der Waals surface area contributed by atoms with Crippen LogP contribution in [0, 0.1) is 5.82 Å². The van der Waals surface area contributed by atoms with E-state index in [4.69, 9.17) is 9.47 Å². The Morgan fingerprint density at radius 3 is 3.00 bits per heavy atom. The SMILES string of the molecule is Fc1cccc(/C=C/C2COCCO2)c1. The summed E-state index contributed by atoms with van der Waals surface area (Å²) in [6.45, 7) is 1.86. The molecule has 0 spiro atoms. The monoisotopic (exact) mass is 208 g/mol. The molecule has 0 saturated carbocycles. The zero-order valence-electron chi connectivity index (χ0n) is 8.36. The highest BCUT2D eigenvalue weighted by molar-refractivity contribution is 5.49. The molecule has 0 bridgehead atoms. The van der Waals surface area contributed by atoms with Crippen LogP contribution in [0.4, 0.5) is 4.39 Å². The third-order valence-electron chi connectivity index (χ3n) is 2.19. The van der Waals surface area contributed by atoms with Gasteiger partial charge >= 0.3 is 0 Å². The van der Waals surface area contributed by atoms with Crippen LogP contribution in [-0.4, -0.2) is 25.9 Å². The lowest BCUT2D eigenvalue weighted by Gasteiger charge is -2.19. The van der Waals surface area contributed by atoms with Gasteiger partial charge in [0.15, 0.2) is 0 Å². The molecule has 2 nitrogen and oxygen atoms in total. The first-order chi connectivity index (χ1) is 7.34. The maximum Gasteiger partial charge on any atom is 0.123 e. The molecule has 3 heteroatoms. The van der Waals surface area contributed by atoms with E-state index in [0.717, 1.165) is 5.56 Å². The van der Waals surface area contributed by atoms with E-state index < -0.39 is 0 Å². The molecule has 1 aliphatic heterocycles. The van der Waals surface area contributed by atoms with Gasteiger partial charge in [-0.15, -0.1) is 0 Å². The predicted molar refractivity (Wildman–Crippen MR) is 56.0 cm³/mol. The molecule has 1 atom stereocenters. The van der Waals surface area contributed by atoms with Gasteiger partial charge in [0.1, 0.15) is 5.82 Å². The third kappa shape index (κ3) is 3.15. The summed E-state index contributed by atoms with van der Waals surface area (Å²) in [6.07, 6.45) is 3.73. The molecule has 0 N–H and O–H groups in total. The van der Waals surface area contributed by atoms with Crippen LogP contribution < -0.4 is 0 Å². The molecule has 2 rings (SSSR count). The van der Waals surface area contributed by atoms with E-state index in [2.05, 4.69) is 0 Å². The Morgan fingerprint density at radius 1 is 1.33 bits per heavy atom. The van der Waals surface area contributed by atoms with Gasteiger partial charge < -0.3 is 9.47 Å². The van der Waals surface area contributed by atoms with Crippen molar-refractivity contribution in [3.05, 3.63) is 41.7 Å². The van der Waals surface area contributed by atoms with Crippen LogP contribution in [0.1, 0.15) is 5.56 Å². The molecule has 1 fully saturated rings. The molecule has 0 radical (unpaired) electrons. The first kappa shape index (κ1) is 10.3. The molecular weight excluding hydrogens is 195 g/mol. The summed E-state index contributed by atoms with van der Waals surface area (Å²) >= 11 is 0. The van der Waals surface area contributed by atoms with Crippen molar-refractivity contribution in [3.8, 4) is 0 Å². The second-order valence-corrected chi connectivity index (χ2v) is 3.40. The number of hydrogen-bond donors (Lipinski definition) is 0. The Morgan fingerprint density at radius 2 is 2.27 bits per heavy atom. The van der Waals surface area contributed by atoms with Gasteiger partial charge in [0.05, 0.1) is 25.9 Å². The summed E-state index contributed by atoms with van der Waals surface area (Å²) in [7, 11) is 0. The second-order valence-electron chi connectivity index (χ2n) is 3.40. The van der Waals surface area contributed by atoms with Crippen molar-refractivity contribution < 1.29 is 13.9 Å². The predicted octanol–water partition coefficient (Wildman–Crippen LogP) is 2.25. The third-order valence-corrected chi connectivity index (χ3v) is 2.19. The molecule has 1 aliphatic rings. The van der Waals surface area contributed by atoms with Crippen LogP contribution in [0.2, 0.25) is 0 Å². The molecule has 0 aliphatic carbocycles. The lowest BCUT2D eigenvalue weighted by atomic mass is 10.2. The van der Waals surface area contributed by atoms with Gasteiger partial charge in [-0.3, -0.25) is 0 Å². The van der Waals surface area contributed by atoms with Crippen molar-refractivity contribution in [2.24, 2.45) is 0 Å². The van der Waals surface area contributed by atoms with Crippen molar-refractivity contribution in [1.29, 1.82) is 0 Å². The number of hydrogen-bond acceptors (Lipinski definition) is 2. The molecule has 0 amide bonds. The van der Waals surface area contributed by atoms with Crippen LogP contribution in [0.3, 0.4) is 0 Å². The van der Waals surface area contributed by atoms with E-state index in [1.807, 2.05) is 18.2 Å². The van der Waals surface area contributed by atoms with Crippen molar-refractivity contribution in [1.82, 2.24) is 0 Å². The lowest BCUT2D eigenvalue weighted by molar-refractivity contribution is -0.0672. The zero-order valence-corrected chi connectivity index (χ0v) is 8.36. The summed E-state index contributed by atoms with van der Waals surface area (Å²) in [5, 5.41) is 0. The first-order valence-electron chi connectivity index (χ1n) is 4.98. The van der Waals surface area contributed by atoms with E-state index in [9.17, 15) is 4.39 Å². The van der Waals surface area contributed by atoms with Crippen LogP contribution in [0.15, 0.2) is 30.3 Å². The molecule has 1 aromatic rings. The van der Waals surface area contributed by atoms with Gasteiger partial charge in [-0.05, 0) is 17.7 Å². The summed E-state index contributed by atoms with van der Waals surface area (Å²) in [4.78, 5) is 0. The summed E-state index contributed by atoms with van der Waals surface area (Å²) in [6, 6.07) is 6.45. The highest BCUT2D eigenvalue weighted by Crippen LogP contribution is 2.08. The number of benzene rings is 1. The van der Waals surface area contributed by atoms with Crippen LogP contribution in [-0.2, 0) is 9.47 Å². The highest BCUT2D eigenvalue weighted by atomic mass is 19.1. The summed E-state index contributed by atoms with van der Waals surface area (Å²) < 4.78 is 23.5. The van der Waals surface area contributed by atoms with Gasteiger partial charge in [0, 0.05) is 0 Å². The maximum atomic E-state index is 12.8. The largest absolute Gasteiger partial charge is 0.376 e. The van der Waals surface area contributed by atoms with E-state index in [1.165, 1.54) is 12.1 Å². The average Bonchev–Trinajstić information content (AvgIpc) is 2.28. The van der Waals surface area contributed by atoms with E-state index in [-0.39, 0.29) is 11.9 Å². The van der Waals surface area contributed by atoms with Crippen molar-refractivity contribution in [2.45, 2.75) is 6.10 Å². The molecule has 0 aromatic heterocycles. The smallest absolute Gasteiger partial charge is 0.123 e. The zero-order chi connectivity index (χ0) is 10.5. The topological polar surface area (TPSA) is 18.5 Å². The molecule has 1 aromatic carbocycles. The molecule has 1 unspecified atom stereocenters. The highest BCUT2D eigenvalue weighted by Gasteiger charge is 2.09. The minimum absolute atomic E-state index is 0.0120. The summed E-state index contributed by atoms with van der Waals surface area (Å²) in [5.41, 5.74) is 0.837. The minimum Gasteiger partial charge on any atom is -0.376 e. The second kappa shape index (κ2) is 5.05. The van der Waals surface area contributed by atoms with Crippen LogP contribution in [0.25, 0.3) is 6.08 Å². The fraction of sp³-hybridized carbons (Fsp3) is 0.333. The van der Waals surface area contributed by atoms with E-state index in [1.54, 1.807) is 6.07 Å². The average molecular weight is 208 g/mol. The van der Waals surface area contributed by atoms with Gasteiger partial charge in [-0.1, -0.05) is 24.3 Å². The molecule has 1 saturated heterocycles. The Labute approximate surface area is 88.3 Å². The normalized spacial score (nSPS) is 22.1. The Kier molecular flexibility index (Phi) is 3.48. The Balaban J connectivity index is 1.97. The van der Waals surface area contributed by atoms with Crippen molar-refractivity contribution >= 4 is 6.08 Å². The van der Waals surface area contributed by atoms with Crippen molar-refractivity contribution in [3.63, 3.8) is 0 Å². The molecule has 15 heavy (non-hydrogen) atoms. The summed E-state index contributed by atoms with van der Waals surface area (Å²) in [5.74, 6) is -0.224. The number of ether oxygens (including phenoxy) is 2. The van der Waals surface area contributed by atoms with Gasteiger partial charge in [-0.2, -0.15) is 0 Å². The number of halogens is 1. The fourth-order valence-corrected chi connectivity index (χ4v) is 1.45. The fourth-order valence-electron chi connectivity index (χ4n) is 1.45. The quantitative estimate of drug-likeness (QED) is 0.742. The molecule has 80 valence electrons. The van der Waals surface area contributed by atoms with Gasteiger partial charge in [0.2, 0.25) is 0 Å². The van der Waals surface area contributed by atoms with Crippen molar-refractivity contribution in [2.75, 3.05) is 19.8 Å². The van der Waals surface area contributed by atoms with E-state index in [0.29, 0.717) is 19.8 Å². The molecule has 1 heterocycles. The van der Waals surface area contributed by atoms with Gasteiger partial charge in [0.25, 0.3) is 0 Å². The standard InChI is InChI=1S/C12H13FO2/c13-11-3-1-2-10(8-11)4-5-12-9-14-6-7-15-12/h1-5,8,12H,6-7,9H2/b5-4+. The maximum absolute atomic E-state index is 12.8. The number of rotatable bonds is 2. The van der Waals surface area contributed by atoms with Crippen LogP contribution >= 0.6 is 0 Å². The lowest BCUT2D eigenvalue weighted by Crippen LogP contribution is -2.26. The van der Waals surface area contributed by atoms with Gasteiger partial charge in [-0.25, -0.2) is 4.39 Å². The van der Waals surface area contributed by atoms with Crippen LogP contribution in [0.5, 0.6) is 0 Å². The first-order valence-corrected chi connectivity index (χ1v) is 4.98. The minimum atomic E-state index is -0.224. The Hall–Kier alpha value is -1.19. The van der Waals surface area contributed by atoms with E-state index >= 15 is 0 Å². The Bertz CT molecular complexity index is 343.